The van der Waals surface area contributed by atoms with Gasteiger partial charge in [0.2, 0.25) is 5.91 Å². The Morgan fingerprint density at radius 3 is 2.32 bits per heavy atom. The van der Waals surface area contributed by atoms with Crippen molar-refractivity contribution in [3.8, 4) is 11.5 Å². The second-order valence-corrected chi connectivity index (χ2v) is 6.77. The second kappa shape index (κ2) is 9.78. The van der Waals surface area contributed by atoms with Gasteiger partial charge in [0.15, 0.2) is 0 Å². The molecule has 2 aromatic rings. The first-order valence-electron chi connectivity index (χ1n) is 9.56. The van der Waals surface area contributed by atoms with Crippen LogP contribution in [0.25, 0.3) is 0 Å². The first-order chi connectivity index (χ1) is 13.7. The number of nitrogens with zero attached hydrogens (tertiary/aromatic N) is 1. The van der Waals surface area contributed by atoms with Crippen LogP contribution in [0.2, 0.25) is 0 Å². The molecule has 1 saturated heterocycles. The molecule has 148 valence electrons. The van der Waals surface area contributed by atoms with Gasteiger partial charge in [0, 0.05) is 24.7 Å². The monoisotopic (exact) mass is 382 g/mol. The van der Waals surface area contributed by atoms with Gasteiger partial charge in [0.05, 0.1) is 20.1 Å². The standard InChI is InChI=1S/C22H26N2O4/c1-27-19-9-7-17(8-10-19)22(26)24-14-11-18(12-15-24)23-21(25)13-16-28-20-5-3-2-4-6-20/h2-10,18H,11-16H2,1H3,(H,23,25). The van der Waals surface area contributed by atoms with Crippen molar-refractivity contribution in [1.82, 2.24) is 10.2 Å². The van der Waals surface area contributed by atoms with Gasteiger partial charge in [-0.1, -0.05) is 18.2 Å². The number of methoxy groups -OCH3 is 1. The number of rotatable bonds is 7. The van der Waals surface area contributed by atoms with Crippen molar-refractivity contribution in [2.45, 2.75) is 25.3 Å². The summed E-state index contributed by atoms with van der Waals surface area (Å²) < 4.78 is 10.7. The zero-order chi connectivity index (χ0) is 19.8. The lowest BCUT2D eigenvalue weighted by Crippen LogP contribution is -2.46. The van der Waals surface area contributed by atoms with Crippen molar-refractivity contribution in [2.75, 3.05) is 26.8 Å². The molecular formula is C22H26N2O4. The summed E-state index contributed by atoms with van der Waals surface area (Å²) in [4.78, 5) is 26.5. The van der Waals surface area contributed by atoms with E-state index in [1.165, 1.54) is 0 Å². The number of benzene rings is 2. The lowest BCUT2D eigenvalue weighted by atomic mass is 10.0. The molecule has 0 spiro atoms. The fourth-order valence-corrected chi connectivity index (χ4v) is 3.22. The molecule has 0 aromatic heterocycles. The maximum atomic E-state index is 12.6. The summed E-state index contributed by atoms with van der Waals surface area (Å²) in [6.45, 7) is 1.62. The van der Waals surface area contributed by atoms with Gasteiger partial charge in [-0.2, -0.15) is 0 Å². The minimum absolute atomic E-state index is 0.0173. The van der Waals surface area contributed by atoms with E-state index in [9.17, 15) is 9.59 Å². The first-order valence-corrected chi connectivity index (χ1v) is 9.56. The highest BCUT2D eigenvalue weighted by molar-refractivity contribution is 5.94. The van der Waals surface area contributed by atoms with E-state index in [1.54, 1.807) is 31.4 Å². The van der Waals surface area contributed by atoms with Gasteiger partial charge < -0.3 is 19.7 Å². The van der Waals surface area contributed by atoms with Crippen molar-refractivity contribution in [2.24, 2.45) is 0 Å². The van der Waals surface area contributed by atoms with E-state index in [4.69, 9.17) is 9.47 Å². The van der Waals surface area contributed by atoms with Gasteiger partial charge >= 0.3 is 0 Å². The van der Waals surface area contributed by atoms with E-state index >= 15 is 0 Å². The lowest BCUT2D eigenvalue weighted by Gasteiger charge is -2.32. The van der Waals surface area contributed by atoms with E-state index in [1.807, 2.05) is 35.2 Å². The van der Waals surface area contributed by atoms with Crippen LogP contribution in [0.1, 0.15) is 29.6 Å². The number of hydrogen-bond donors (Lipinski definition) is 1. The van der Waals surface area contributed by atoms with Crippen LogP contribution in [-0.2, 0) is 4.79 Å². The van der Waals surface area contributed by atoms with Crippen LogP contribution in [0, 0.1) is 0 Å². The first kappa shape index (κ1) is 19.7. The van der Waals surface area contributed by atoms with Gasteiger partial charge in [0.1, 0.15) is 11.5 Å². The van der Waals surface area contributed by atoms with Gasteiger partial charge in [-0.3, -0.25) is 9.59 Å². The molecule has 0 saturated carbocycles. The second-order valence-electron chi connectivity index (χ2n) is 6.77. The summed E-state index contributed by atoms with van der Waals surface area (Å²) in [5.74, 6) is 1.49. The van der Waals surface area contributed by atoms with Crippen molar-refractivity contribution in [3.05, 3.63) is 60.2 Å². The van der Waals surface area contributed by atoms with E-state index < -0.39 is 0 Å². The van der Waals surface area contributed by atoms with Crippen molar-refractivity contribution in [3.63, 3.8) is 0 Å². The molecule has 1 aliphatic rings. The highest BCUT2D eigenvalue weighted by atomic mass is 16.5. The van der Waals surface area contributed by atoms with Crippen LogP contribution in [0.4, 0.5) is 0 Å². The van der Waals surface area contributed by atoms with Gasteiger partial charge in [-0.05, 0) is 49.2 Å². The number of amides is 2. The lowest BCUT2D eigenvalue weighted by molar-refractivity contribution is -0.122. The topological polar surface area (TPSA) is 67.9 Å². The summed E-state index contributed by atoms with van der Waals surface area (Å²) in [7, 11) is 1.60. The van der Waals surface area contributed by atoms with Crippen molar-refractivity contribution >= 4 is 11.8 Å². The van der Waals surface area contributed by atoms with E-state index in [0.29, 0.717) is 31.7 Å². The fourth-order valence-electron chi connectivity index (χ4n) is 3.22. The minimum Gasteiger partial charge on any atom is -0.497 e. The Labute approximate surface area is 165 Å². The molecule has 28 heavy (non-hydrogen) atoms. The number of piperidine rings is 1. The molecule has 0 atom stereocenters. The Hall–Kier alpha value is -3.02. The molecule has 0 aliphatic carbocycles. The van der Waals surface area contributed by atoms with E-state index in [-0.39, 0.29) is 17.9 Å². The molecule has 6 nitrogen and oxygen atoms in total. The number of carbonyl (C=O) groups excluding carboxylic acids is 2. The van der Waals surface area contributed by atoms with Crippen LogP contribution in [-0.4, -0.2) is 49.6 Å². The number of likely N-dealkylation sites (tertiary alicyclic amines) is 1. The van der Waals surface area contributed by atoms with Crippen LogP contribution < -0.4 is 14.8 Å². The van der Waals surface area contributed by atoms with Crippen molar-refractivity contribution < 1.29 is 19.1 Å². The molecule has 1 N–H and O–H groups in total. The highest BCUT2D eigenvalue weighted by Gasteiger charge is 2.24. The predicted octanol–water partition coefficient (Wildman–Crippen LogP) is 2.89. The summed E-state index contributed by atoms with van der Waals surface area (Å²) in [6.07, 6.45) is 1.83. The summed E-state index contributed by atoms with van der Waals surface area (Å²) in [5, 5.41) is 3.05. The average Bonchev–Trinajstić information content (AvgIpc) is 2.74. The molecule has 0 radical (unpaired) electrons. The van der Waals surface area contributed by atoms with Crippen LogP contribution in [0.5, 0.6) is 11.5 Å². The molecular weight excluding hydrogens is 356 g/mol. The largest absolute Gasteiger partial charge is 0.497 e. The van der Waals surface area contributed by atoms with Crippen LogP contribution in [0.3, 0.4) is 0 Å². The molecule has 1 aliphatic heterocycles. The third-order valence-corrected chi connectivity index (χ3v) is 4.83. The molecule has 1 heterocycles. The Morgan fingerprint density at radius 1 is 1.00 bits per heavy atom. The highest BCUT2D eigenvalue weighted by Crippen LogP contribution is 2.17. The third kappa shape index (κ3) is 5.49. The number of nitrogens with one attached hydrogen (secondary N) is 1. The van der Waals surface area contributed by atoms with Crippen LogP contribution in [0.15, 0.2) is 54.6 Å². The average molecular weight is 382 g/mol. The van der Waals surface area contributed by atoms with E-state index in [0.717, 1.165) is 24.3 Å². The maximum Gasteiger partial charge on any atom is 0.253 e. The zero-order valence-corrected chi connectivity index (χ0v) is 16.1. The Balaban J connectivity index is 1.38. The number of hydrogen-bond acceptors (Lipinski definition) is 4. The third-order valence-electron chi connectivity index (χ3n) is 4.83. The number of ether oxygens (including phenoxy) is 2. The molecule has 0 bridgehead atoms. The van der Waals surface area contributed by atoms with Gasteiger partial charge in [-0.15, -0.1) is 0 Å². The quantitative estimate of drug-likeness (QED) is 0.800. The molecule has 6 heteroatoms. The number of carbonyl (C=O) groups is 2. The van der Waals surface area contributed by atoms with Crippen molar-refractivity contribution in [1.29, 1.82) is 0 Å². The minimum atomic E-state index is -0.0177. The SMILES string of the molecule is COc1ccc(C(=O)N2CCC(NC(=O)CCOc3ccccc3)CC2)cc1. The normalized spacial score (nSPS) is 14.4. The molecule has 2 aromatic carbocycles. The maximum absolute atomic E-state index is 12.6. The predicted molar refractivity (Wildman–Crippen MR) is 107 cm³/mol. The summed E-state index contributed by atoms with van der Waals surface area (Å²) in [6, 6.07) is 16.7. The van der Waals surface area contributed by atoms with Crippen LogP contribution >= 0.6 is 0 Å². The Kier molecular flexibility index (Phi) is 6.89. The zero-order valence-electron chi connectivity index (χ0n) is 16.1. The smallest absolute Gasteiger partial charge is 0.253 e. The van der Waals surface area contributed by atoms with E-state index in [2.05, 4.69) is 5.32 Å². The summed E-state index contributed by atoms with van der Waals surface area (Å²) in [5.41, 5.74) is 0.654. The number of para-hydroxylation sites is 1. The molecule has 1 fully saturated rings. The fraction of sp³-hybridized carbons (Fsp3) is 0.364. The molecule has 0 unspecified atom stereocenters. The molecule has 3 rings (SSSR count). The Morgan fingerprint density at radius 2 is 1.68 bits per heavy atom. The summed E-state index contributed by atoms with van der Waals surface area (Å²) >= 11 is 0. The molecule has 2 amide bonds. The van der Waals surface area contributed by atoms with Gasteiger partial charge in [-0.25, -0.2) is 0 Å². The Bertz CT molecular complexity index is 769. The van der Waals surface area contributed by atoms with Gasteiger partial charge in [0.25, 0.3) is 5.91 Å².